The zero-order valence-electron chi connectivity index (χ0n) is 11.1. The van der Waals surface area contributed by atoms with Gasteiger partial charge in [-0.2, -0.15) is 0 Å². The highest BCUT2D eigenvalue weighted by atomic mass is 16.5. The van der Waals surface area contributed by atoms with Gasteiger partial charge in [-0.15, -0.1) is 0 Å². The topological polar surface area (TPSA) is 49.8 Å². The number of hydrogen-bond donors (Lipinski definition) is 1. The second kappa shape index (κ2) is 4.53. The fourth-order valence-corrected chi connectivity index (χ4v) is 3.41. The molecular formula is C15H19NO3. The van der Waals surface area contributed by atoms with E-state index < -0.39 is 5.97 Å². The number of carbonyl (C=O) groups is 1. The largest absolute Gasteiger partial charge is 0.478 e. The summed E-state index contributed by atoms with van der Waals surface area (Å²) in [6.07, 6.45) is 5.79. The Kier molecular flexibility index (Phi) is 2.97. The molecule has 2 unspecified atom stereocenters. The Morgan fingerprint density at radius 1 is 1.32 bits per heavy atom. The molecule has 0 saturated carbocycles. The first-order valence-electron chi connectivity index (χ1n) is 6.86. The molecule has 2 aliphatic heterocycles. The lowest BCUT2D eigenvalue weighted by Gasteiger charge is -2.42. The number of hydrogen-bond acceptors (Lipinski definition) is 3. The molecule has 2 atom stereocenters. The van der Waals surface area contributed by atoms with E-state index in [1.165, 1.54) is 19.3 Å². The summed E-state index contributed by atoms with van der Waals surface area (Å²) in [4.78, 5) is 13.2. The van der Waals surface area contributed by atoms with Crippen molar-refractivity contribution >= 4 is 5.97 Å². The molecule has 4 nitrogen and oxygen atoms in total. The van der Waals surface area contributed by atoms with Crippen LogP contribution in [0.1, 0.15) is 42.5 Å². The van der Waals surface area contributed by atoms with Gasteiger partial charge in [-0.1, -0.05) is 0 Å². The molecule has 4 heteroatoms. The third-order valence-corrected chi connectivity index (χ3v) is 4.57. The van der Waals surface area contributed by atoms with Crippen LogP contribution in [0.3, 0.4) is 0 Å². The molecule has 2 bridgehead atoms. The Balaban J connectivity index is 1.79. The predicted molar refractivity (Wildman–Crippen MR) is 71.4 cm³/mol. The average molecular weight is 261 g/mol. The maximum Gasteiger partial charge on any atom is 0.335 e. The SMILES string of the molecule is CN1C2CCCC1(Oc1ccc(C(=O)O)cc1)CC2. The number of benzene rings is 1. The lowest BCUT2D eigenvalue weighted by Crippen LogP contribution is -2.51. The molecule has 0 radical (unpaired) electrons. The van der Waals surface area contributed by atoms with Crippen molar-refractivity contribution in [1.82, 2.24) is 4.90 Å². The van der Waals surface area contributed by atoms with E-state index in [2.05, 4.69) is 11.9 Å². The van der Waals surface area contributed by atoms with E-state index in [-0.39, 0.29) is 5.72 Å². The third-order valence-electron chi connectivity index (χ3n) is 4.57. The second-order valence-electron chi connectivity index (χ2n) is 5.57. The van der Waals surface area contributed by atoms with E-state index in [1.54, 1.807) is 24.3 Å². The van der Waals surface area contributed by atoms with Gasteiger partial charge in [0.1, 0.15) is 5.75 Å². The van der Waals surface area contributed by atoms with Gasteiger partial charge >= 0.3 is 5.97 Å². The van der Waals surface area contributed by atoms with E-state index in [4.69, 9.17) is 9.84 Å². The van der Waals surface area contributed by atoms with Crippen molar-refractivity contribution in [3.63, 3.8) is 0 Å². The number of piperidine rings is 1. The number of ether oxygens (including phenoxy) is 1. The lowest BCUT2D eigenvalue weighted by atomic mass is 10.0. The van der Waals surface area contributed by atoms with E-state index in [0.29, 0.717) is 11.6 Å². The van der Waals surface area contributed by atoms with Crippen LogP contribution in [0.2, 0.25) is 0 Å². The van der Waals surface area contributed by atoms with Gasteiger partial charge < -0.3 is 9.84 Å². The van der Waals surface area contributed by atoms with Crippen LogP contribution in [0.5, 0.6) is 5.75 Å². The summed E-state index contributed by atoms with van der Waals surface area (Å²) in [5, 5.41) is 8.89. The molecule has 0 spiro atoms. The Morgan fingerprint density at radius 2 is 2.05 bits per heavy atom. The summed E-state index contributed by atoms with van der Waals surface area (Å²) in [5.41, 5.74) is 0.124. The van der Waals surface area contributed by atoms with E-state index in [0.717, 1.165) is 18.6 Å². The molecule has 3 rings (SSSR count). The molecule has 0 amide bonds. The lowest BCUT2D eigenvalue weighted by molar-refractivity contribution is -0.0823. The number of rotatable bonds is 3. The van der Waals surface area contributed by atoms with Gasteiger partial charge in [0.05, 0.1) is 5.56 Å². The fraction of sp³-hybridized carbons (Fsp3) is 0.533. The Morgan fingerprint density at radius 3 is 2.74 bits per heavy atom. The molecule has 0 aromatic heterocycles. The average Bonchev–Trinajstić information content (AvgIpc) is 2.60. The fourth-order valence-electron chi connectivity index (χ4n) is 3.41. The van der Waals surface area contributed by atoms with E-state index in [9.17, 15) is 4.79 Å². The summed E-state index contributed by atoms with van der Waals surface area (Å²) in [6.45, 7) is 0. The van der Waals surface area contributed by atoms with Crippen molar-refractivity contribution in [2.24, 2.45) is 0 Å². The molecule has 0 aliphatic carbocycles. The summed E-state index contributed by atoms with van der Waals surface area (Å²) in [5.74, 6) is -0.139. The third kappa shape index (κ3) is 2.10. The molecular weight excluding hydrogens is 242 g/mol. The molecule has 2 saturated heterocycles. The monoisotopic (exact) mass is 261 g/mol. The van der Waals surface area contributed by atoms with Crippen molar-refractivity contribution in [1.29, 1.82) is 0 Å². The molecule has 1 aromatic carbocycles. The smallest absolute Gasteiger partial charge is 0.335 e. The van der Waals surface area contributed by atoms with Gasteiger partial charge in [0.15, 0.2) is 5.72 Å². The van der Waals surface area contributed by atoms with Gasteiger partial charge in [0.25, 0.3) is 0 Å². The van der Waals surface area contributed by atoms with Gasteiger partial charge in [-0.3, -0.25) is 4.90 Å². The minimum atomic E-state index is -0.902. The highest BCUT2D eigenvalue weighted by Gasteiger charge is 2.48. The number of aromatic carboxylic acids is 1. The first-order chi connectivity index (χ1) is 9.11. The minimum Gasteiger partial charge on any atom is -0.478 e. The van der Waals surface area contributed by atoms with Gasteiger partial charge in [0, 0.05) is 18.9 Å². The molecule has 2 heterocycles. The van der Waals surface area contributed by atoms with Crippen molar-refractivity contribution in [3.05, 3.63) is 29.8 Å². The molecule has 102 valence electrons. The van der Waals surface area contributed by atoms with Crippen molar-refractivity contribution < 1.29 is 14.6 Å². The molecule has 2 fully saturated rings. The molecule has 1 aromatic rings. The summed E-state index contributed by atoms with van der Waals surface area (Å²) < 4.78 is 6.21. The first kappa shape index (κ1) is 12.5. The summed E-state index contributed by atoms with van der Waals surface area (Å²) in [6, 6.07) is 7.36. The quantitative estimate of drug-likeness (QED) is 0.909. The van der Waals surface area contributed by atoms with E-state index in [1.807, 2.05) is 0 Å². The predicted octanol–water partition coefficient (Wildman–Crippen LogP) is 2.74. The van der Waals surface area contributed by atoms with Crippen LogP contribution in [0.4, 0.5) is 0 Å². The minimum absolute atomic E-state index is 0.173. The van der Waals surface area contributed by atoms with Crippen LogP contribution < -0.4 is 4.74 Å². The highest BCUT2D eigenvalue weighted by molar-refractivity contribution is 5.87. The van der Waals surface area contributed by atoms with Crippen LogP contribution >= 0.6 is 0 Å². The van der Waals surface area contributed by atoms with Crippen LogP contribution in [0, 0.1) is 0 Å². The van der Waals surface area contributed by atoms with E-state index >= 15 is 0 Å². The molecule has 2 aliphatic rings. The molecule has 19 heavy (non-hydrogen) atoms. The zero-order valence-corrected chi connectivity index (χ0v) is 11.1. The van der Waals surface area contributed by atoms with Gasteiger partial charge in [-0.25, -0.2) is 4.79 Å². The highest BCUT2D eigenvalue weighted by Crippen LogP contribution is 2.43. The number of fused-ring (bicyclic) bond motifs is 2. The van der Waals surface area contributed by atoms with Crippen molar-refractivity contribution in [3.8, 4) is 5.75 Å². The maximum atomic E-state index is 10.8. The number of nitrogens with zero attached hydrogens (tertiary/aromatic N) is 1. The van der Waals surface area contributed by atoms with Crippen molar-refractivity contribution in [2.75, 3.05) is 7.05 Å². The Hall–Kier alpha value is -1.55. The Labute approximate surface area is 113 Å². The van der Waals surface area contributed by atoms with Crippen LogP contribution in [0.15, 0.2) is 24.3 Å². The number of carboxylic acid groups (broad SMARTS) is 1. The summed E-state index contributed by atoms with van der Waals surface area (Å²) >= 11 is 0. The van der Waals surface area contributed by atoms with Crippen molar-refractivity contribution in [2.45, 2.75) is 43.9 Å². The van der Waals surface area contributed by atoms with Crippen LogP contribution in [-0.4, -0.2) is 34.8 Å². The Bertz CT molecular complexity index is 481. The first-order valence-corrected chi connectivity index (χ1v) is 6.86. The van der Waals surface area contributed by atoms with Gasteiger partial charge in [-0.05, 0) is 50.6 Å². The maximum absolute atomic E-state index is 10.8. The zero-order chi connectivity index (χ0) is 13.5. The van der Waals surface area contributed by atoms with Crippen LogP contribution in [-0.2, 0) is 0 Å². The summed E-state index contributed by atoms with van der Waals surface area (Å²) in [7, 11) is 2.14. The van der Waals surface area contributed by atoms with Gasteiger partial charge in [0.2, 0.25) is 0 Å². The number of carboxylic acids is 1. The standard InChI is InChI=1S/C15H19NO3/c1-16-12-3-2-9-15(16,10-8-12)19-13-6-4-11(5-7-13)14(17)18/h4-7,12H,2-3,8-10H2,1H3,(H,17,18). The van der Waals surface area contributed by atoms with Crippen LogP contribution in [0.25, 0.3) is 0 Å². The second-order valence-corrected chi connectivity index (χ2v) is 5.57. The molecule has 1 N–H and O–H groups in total. The normalized spacial score (nSPS) is 30.3.